The number of rotatable bonds is 4. The molecule has 0 aliphatic carbocycles. The van der Waals surface area contributed by atoms with Crippen LogP contribution in [0.25, 0.3) is 0 Å². The minimum absolute atomic E-state index is 0.0567. The molecule has 0 radical (unpaired) electrons. The number of hydrogen-bond acceptors (Lipinski definition) is 4. The van der Waals surface area contributed by atoms with E-state index in [1.165, 1.54) is 22.5 Å². The second kappa shape index (κ2) is 6.39. The third-order valence-corrected chi connectivity index (χ3v) is 4.50. The zero-order valence-electron chi connectivity index (χ0n) is 11.6. The first-order valence-corrected chi connectivity index (χ1v) is 7.96. The predicted octanol–water partition coefficient (Wildman–Crippen LogP) is 1.61. The first-order chi connectivity index (χ1) is 10.2. The van der Waals surface area contributed by atoms with Gasteiger partial charge in [-0.05, 0) is 39.9 Å². The van der Waals surface area contributed by atoms with Crippen LogP contribution in [0.15, 0.2) is 41.1 Å². The van der Waals surface area contributed by atoms with E-state index < -0.39 is 6.10 Å². The van der Waals surface area contributed by atoms with Crippen LogP contribution in [0.5, 0.6) is 0 Å². The maximum Gasteiger partial charge on any atom is 0.237 e. The Morgan fingerprint density at radius 3 is 2.95 bits per heavy atom. The summed E-state index contributed by atoms with van der Waals surface area (Å²) in [5.41, 5.74) is 3.32. The zero-order valence-corrected chi connectivity index (χ0v) is 12.4. The zero-order chi connectivity index (χ0) is 14.7. The van der Waals surface area contributed by atoms with Crippen LogP contribution in [0.3, 0.4) is 0 Å². The highest BCUT2D eigenvalue weighted by Crippen LogP contribution is 2.17. The fraction of sp³-hybridized carbons (Fsp3) is 0.312. The summed E-state index contributed by atoms with van der Waals surface area (Å²) in [6, 6.07) is 9.80. The van der Waals surface area contributed by atoms with Crippen LogP contribution in [0.4, 0.5) is 0 Å². The first kappa shape index (κ1) is 14.3. The van der Waals surface area contributed by atoms with E-state index in [4.69, 9.17) is 0 Å². The number of carbonyl (C=O) groups is 1. The number of fused-ring (bicyclic) bond motifs is 1. The van der Waals surface area contributed by atoms with Gasteiger partial charge in [0.15, 0.2) is 0 Å². The Bertz CT molecular complexity index is 612. The molecular weight excluding hydrogens is 284 g/mol. The van der Waals surface area contributed by atoms with Gasteiger partial charge in [0.1, 0.15) is 0 Å². The molecule has 2 atom stereocenters. The van der Waals surface area contributed by atoms with Crippen molar-refractivity contribution in [3.63, 3.8) is 0 Å². The van der Waals surface area contributed by atoms with E-state index in [9.17, 15) is 9.90 Å². The van der Waals surface area contributed by atoms with Crippen LogP contribution >= 0.6 is 11.3 Å². The average molecular weight is 302 g/mol. The molecule has 0 bridgehead atoms. The molecule has 3 rings (SSSR count). The lowest BCUT2D eigenvalue weighted by molar-refractivity contribution is -0.123. The van der Waals surface area contributed by atoms with Gasteiger partial charge >= 0.3 is 0 Å². The summed E-state index contributed by atoms with van der Waals surface area (Å²) in [5, 5.41) is 19.9. The van der Waals surface area contributed by atoms with Gasteiger partial charge < -0.3 is 15.7 Å². The van der Waals surface area contributed by atoms with Crippen molar-refractivity contribution in [2.75, 3.05) is 6.54 Å². The number of aliphatic hydroxyl groups excluding tert-OH is 1. The summed E-state index contributed by atoms with van der Waals surface area (Å²) < 4.78 is 0. The Hall–Kier alpha value is -1.69. The van der Waals surface area contributed by atoms with Crippen LogP contribution in [-0.2, 0) is 17.8 Å². The van der Waals surface area contributed by atoms with E-state index in [-0.39, 0.29) is 18.5 Å². The van der Waals surface area contributed by atoms with Crippen molar-refractivity contribution in [1.29, 1.82) is 0 Å². The maximum atomic E-state index is 12.2. The van der Waals surface area contributed by atoms with Crippen molar-refractivity contribution in [1.82, 2.24) is 10.6 Å². The molecule has 1 aromatic carbocycles. The summed E-state index contributed by atoms with van der Waals surface area (Å²) >= 11 is 1.54. The molecule has 0 spiro atoms. The lowest BCUT2D eigenvalue weighted by Gasteiger charge is -2.25. The monoisotopic (exact) mass is 302 g/mol. The van der Waals surface area contributed by atoms with Crippen molar-refractivity contribution in [2.45, 2.75) is 25.1 Å². The van der Waals surface area contributed by atoms with E-state index in [1.54, 1.807) is 0 Å². The van der Waals surface area contributed by atoms with Crippen molar-refractivity contribution in [2.24, 2.45) is 0 Å². The molecule has 2 aromatic rings. The number of nitrogens with one attached hydrogen (secondary N) is 2. The molecule has 21 heavy (non-hydrogen) atoms. The highest BCUT2D eigenvalue weighted by atomic mass is 32.1. The molecule has 1 aromatic heterocycles. The second-order valence-electron chi connectivity index (χ2n) is 5.22. The van der Waals surface area contributed by atoms with Crippen molar-refractivity contribution in [3.05, 3.63) is 57.8 Å². The largest absolute Gasteiger partial charge is 0.387 e. The molecule has 4 nitrogen and oxygen atoms in total. The fourth-order valence-electron chi connectivity index (χ4n) is 2.54. The molecule has 1 aliphatic rings. The molecule has 0 fully saturated rings. The second-order valence-corrected chi connectivity index (χ2v) is 6.00. The lowest BCUT2D eigenvalue weighted by Crippen LogP contribution is -2.48. The number of carbonyl (C=O) groups excluding carboxylic acids is 1. The molecule has 1 aliphatic heterocycles. The number of thiophene rings is 1. The van der Waals surface area contributed by atoms with E-state index in [2.05, 4.69) is 22.8 Å². The first-order valence-electron chi connectivity index (χ1n) is 7.02. The van der Waals surface area contributed by atoms with Crippen molar-refractivity contribution in [3.8, 4) is 0 Å². The van der Waals surface area contributed by atoms with Gasteiger partial charge in [0.05, 0.1) is 12.1 Å². The topological polar surface area (TPSA) is 61.4 Å². The highest BCUT2D eigenvalue weighted by molar-refractivity contribution is 7.07. The Morgan fingerprint density at radius 1 is 1.38 bits per heavy atom. The minimum Gasteiger partial charge on any atom is -0.387 e. The number of aliphatic hydroxyl groups is 1. The SMILES string of the molecule is O=C(NCC(O)c1ccsc1)[C@H]1Cc2ccccc2CN1. The molecule has 1 unspecified atom stereocenters. The Labute approximate surface area is 127 Å². The normalized spacial score (nSPS) is 18.8. The molecule has 110 valence electrons. The van der Waals surface area contributed by atoms with E-state index in [0.29, 0.717) is 13.0 Å². The molecule has 5 heteroatoms. The van der Waals surface area contributed by atoms with E-state index >= 15 is 0 Å². The van der Waals surface area contributed by atoms with Gasteiger partial charge in [-0.3, -0.25) is 4.79 Å². The van der Waals surface area contributed by atoms with Crippen LogP contribution in [-0.4, -0.2) is 23.6 Å². The average Bonchev–Trinajstić information content (AvgIpc) is 3.06. The Balaban J connectivity index is 1.55. The summed E-state index contributed by atoms with van der Waals surface area (Å²) in [7, 11) is 0. The molecule has 0 saturated carbocycles. The number of amides is 1. The van der Waals surface area contributed by atoms with Gasteiger partial charge in [0.25, 0.3) is 0 Å². The predicted molar refractivity (Wildman–Crippen MR) is 83.1 cm³/mol. The van der Waals surface area contributed by atoms with Gasteiger partial charge in [0, 0.05) is 13.1 Å². The summed E-state index contributed by atoms with van der Waals surface area (Å²) in [4.78, 5) is 12.2. The van der Waals surface area contributed by atoms with E-state index in [0.717, 1.165) is 5.56 Å². The fourth-order valence-corrected chi connectivity index (χ4v) is 3.25. The van der Waals surface area contributed by atoms with Gasteiger partial charge in [0.2, 0.25) is 5.91 Å². The third-order valence-electron chi connectivity index (χ3n) is 3.80. The standard InChI is InChI=1S/C16H18N2O2S/c19-15(13-5-6-21-10-13)9-18-16(20)14-7-11-3-1-2-4-12(11)8-17-14/h1-6,10,14-15,17,19H,7-9H2,(H,18,20)/t14-,15?/m1/s1. The van der Waals surface area contributed by atoms with Crippen LogP contribution in [0, 0.1) is 0 Å². The minimum atomic E-state index is -0.643. The molecule has 0 saturated heterocycles. The summed E-state index contributed by atoms with van der Waals surface area (Å²) in [6.45, 7) is 0.955. The van der Waals surface area contributed by atoms with Gasteiger partial charge in [-0.2, -0.15) is 11.3 Å². The van der Waals surface area contributed by atoms with E-state index in [1.807, 2.05) is 29.0 Å². The summed E-state index contributed by atoms with van der Waals surface area (Å²) in [5.74, 6) is -0.0567. The quantitative estimate of drug-likeness (QED) is 0.804. The molecule has 2 heterocycles. The third kappa shape index (κ3) is 3.32. The lowest BCUT2D eigenvalue weighted by atomic mass is 9.95. The van der Waals surface area contributed by atoms with Gasteiger partial charge in [-0.15, -0.1) is 0 Å². The number of benzene rings is 1. The molecular formula is C16H18N2O2S. The van der Waals surface area contributed by atoms with Gasteiger partial charge in [-0.25, -0.2) is 0 Å². The Kier molecular flexibility index (Phi) is 4.34. The Morgan fingerprint density at radius 2 is 2.19 bits per heavy atom. The highest BCUT2D eigenvalue weighted by Gasteiger charge is 2.24. The van der Waals surface area contributed by atoms with Crippen molar-refractivity contribution < 1.29 is 9.90 Å². The summed E-state index contributed by atoms with van der Waals surface area (Å²) in [6.07, 6.45) is 0.0485. The smallest absolute Gasteiger partial charge is 0.237 e. The van der Waals surface area contributed by atoms with Crippen molar-refractivity contribution >= 4 is 17.2 Å². The molecule has 1 amide bonds. The maximum absolute atomic E-state index is 12.2. The molecule has 3 N–H and O–H groups in total. The van der Waals surface area contributed by atoms with Crippen LogP contribution < -0.4 is 10.6 Å². The van der Waals surface area contributed by atoms with Crippen LogP contribution in [0.1, 0.15) is 22.8 Å². The number of hydrogen-bond donors (Lipinski definition) is 3. The van der Waals surface area contributed by atoms with Gasteiger partial charge in [-0.1, -0.05) is 24.3 Å². The van der Waals surface area contributed by atoms with Crippen LogP contribution in [0.2, 0.25) is 0 Å².